The zero-order chi connectivity index (χ0) is 5.98. The van der Waals surface area contributed by atoms with Crippen LogP contribution < -0.4 is 0 Å². The Kier molecular flexibility index (Phi) is 1.93. The molecule has 8 heavy (non-hydrogen) atoms. The monoisotopic (exact) mass is 140 g/mol. The van der Waals surface area contributed by atoms with Crippen molar-refractivity contribution in [1.82, 2.24) is 0 Å². The van der Waals surface area contributed by atoms with Gasteiger partial charge in [-0.15, -0.1) is 0 Å². The van der Waals surface area contributed by atoms with Gasteiger partial charge in [-0.25, -0.2) is 4.39 Å². The second kappa shape index (κ2) is 2.52. The van der Waals surface area contributed by atoms with Gasteiger partial charge in [0.15, 0.2) is 0 Å². The Balaban J connectivity index is 2.32. The van der Waals surface area contributed by atoms with Crippen LogP contribution in [0.15, 0.2) is 0 Å². The molecule has 0 amide bonds. The van der Waals surface area contributed by atoms with E-state index in [1.807, 2.05) is 0 Å². The molecule has 0 saturated carbocycles. The summed E-state index contributed by atoms with van der Waals surface area (Å²) in [5.74, 6) is 0. The zero-order valence-corrected chi connectivity index (χ0v) is 4.82. The normalized spacial score (nSPS) is 38.1. The largest absolute Gasteiger partial charge is 0.305 e. The van der Waals surface area contributed by atoms with Gasteiger partial charge < -0.3 is 0 Å². The Morgan fingerprint density at radius 3 is 2.88 bits per heavy atom. The Morgan fingerprint density at radius 1 is 1.88 bits per heavy atom. The van der Waals surface area contributed by atoms with E-state index in [2.05, 4.69) is 8.37 Å². The molecule has 0 bridgehead atoms. The van der Waals surface area contributed by atoms with E-state index < -0.39 is 24.1 Å². The molecular weight excluding hydrogens is 135 g/mol. The molecule has 0 N–H and O–H groups in total. The van der Waals surface area contributed by atoms with Crippen molar-refractivity contribution >= 4 is 11.4 Å². The maximum atomic E-state index is 11.5. The quantitative estimate of drug-likeness (QED) is 0.512. The van der Waals surface area contributed by atoms with Crippen LogP contribution in [0.2, 0.25) is 0 Å². The third kappa shape index (κ3) is 1.24. The van der Waals surface area contributed by atoms with Gasteiger partial charge in [0, 0.05) is 0 Å². The fourth-order valence-corrected chi connectivity index (χ4v) is 1.02. The van der Waals surface area contributed by atoms with Crippen LogP contribution in [0.25, 0.3) is 0 Å². The Hall–Kier alpha value is -0.0000000000000000486. The van der Waals surface area contributed by atoms with Gasteiger partial charge in [0.2, 0.25) is 0 Å². The van der Waals surface area contributed by atoms with E-state index in [1.54, 1.807) is 0 Å². The smallest absolute Gasteiger partial charge is 0.266 e. The lowest BCUT2D eigenvalue weighted by molar-refractivity contribution is 0.195. The molecule has 1 saturated heterocycles. The molecule has 1 aliphatic heterocycles. The molecule has 0 radical (unpaired) electrons. The molecule has 1 rings (SSSR count). The third-order valence-electron chi connectivity index (χ3n) is 0.737. The van der Waals surface area contributed by atoms with E-state index in [0.29, 0.717) is 0 Å². The molecule has 1 aliphatic rings. The van der Waals surface area contributed by atoms with Gasteiger partial charge in [-0.1, -0.05) is 0 Å². The molecule has 0 aromatic carbocycles. The molecule has 48 valence electrons. The average molecular weight is 140 g/mol. The van der Waals surface area contributed by atoms with Crippen LogP contribution in [-0.2, 0) is 19.7 Å². The highest BCUT2D eigenvalue weighted by atomic mass is 32.2. The van der Waals surface area contributed by atoms with Gasteiger partial charge in [0.1, 0.15) is 12.8 Å². The van der Waals surface area contributed by atoms with Gasteiger partial charge >= 0.3 is 11.4 Å². The number of hydrogen-bond donors (Lipinski definition) is 0. The van der Waals surface area contributed by atoms with Crippen LogP contribution >= 0.6 is 0 Å². The molecule has 0 aromatic rings. The van der Waals surface area contributed by atoms with Crippen molar-refractivity contribution in [3.05, 3.63) is 0 Å². The van der Waals surface area contributed by atoms with Crippen molar-refractivity contribution in [2.75, 3.05) is 13.3 Å². The van der Waals surface area contributed by atoms with Crippen LogP contribution in [0.1, 0.15) is 0 Å². The van der Waals surface area contributed by atoms with Gasteiger partial charge in [-0.2, -0.15) is 4.21 Å². The molecule has 5 heteroatoms. The number of rotatable bonds is 1. The summed E-state index contributed by atoms with van der Waals surface area (Å²) in [5, 5.41) is 0. The highest BCUT2D eigenvalue weighted by Crippen LogP contribution is 2.07. The van der Waals surface area contributed by atoms with E-state index >= 15 is 0 Å². The first-order chi connectivity index (χ1) is 3.83. The highest BCUT2D eigenvalue weighted by molar-refractivity contribution is 7.75. The predicted octanol–water partition coefficient (Wildman–Crippen LogP) is -0.0500. The van der Waals surface area contributed by atoms with Crippen molar-refractivity contribution in [3.8, 4) is 0 Å². The van der Waals surface area contributed by atoms with Gasteiger partial charge in [-0.3, -0.25) is 8.37 Å². The van der Waals surface area contributed by atoms with Gasteiger partial charge in [0.05, 0.1) is 6.61 Å². The molecule has 3 nitrogen and oxygen atoms in total. The summed E-state index contributed by atoms with van der Waals surface area (Å²) in [5.41, 5.74) is 0. The van der Waals surface area contributed by atoms with E-state index in [1.165, 1.54) is 0 Å². The molecule has 0 unspecified atom stereocenters. The van der Waals surface area contributed by atoms with Crippen LogP contribution in [-0.4, -0.2) is 23.6 Å². The molecule has 0 aromatic heterocycles. The molecule has 0 spiro atoms. The SMILES string of the molecule is O=[S@@]1OC[C@H](CF)O1. The van der Waals surface area contributed by atoms with Crippen molar-refractivity contribution in [2.24, 2.45) is 0 Å². The lowest BCUT2D eigenvalue weighted by Crippen LogP contribution is -2.10. The number of alkyl halides is 1. The van der Waals surface area contributed by atoms with E-state index in [-0.39, 0.29) is 6.61 Å². The van der Waals surface area contributed by atoms with Crippen molar-refractivity contribution in [3.63, 3.8) is 0 Å². The summed E-state index contributed by atoms with van der Waals surface area (Å²) in [4.78, 5) is 0. The maximum absolute atomic E-state index is 11.5. The molecule has 1 fully saturated rings. The summed E-state index contributed by atoms with van der Waals surface area (Å²) in [6.45, 7) is -0.533. The number of hydrogen-bond acceptors (Lipinski definition) is 3. The summed E-state index contributed by atoms with van der Waals surface area (Å²) in [6.07, 6.45) is -0.615. The molecule has 2 atom stereocenters. The summed E-state index contributed by atoms with van der Waals surface area (Å²) >= 11 is -1.69. The van der Waals surface area contributed by atoms with Crippen molar-refractivity contribution < 1.29 is 17.0 Å². The zero-order valence-electron chi connectivity index (χ0n) is 4.00. The lowest BCUT2D eigenvalue weighted by Gasteiger charge is -1.93. The summed E-state index contributed by atoms with van der Waals surface area (Å²) < 4.78 is 30.4. The predicted molar refractivity (Wildman–Crippen MR) is 24.9 cm³/mol. The molecule has 1 heterocycles. The standard InChI is InChI=1S/C3H5FO3S/c4-1-3-2-6-8(5)7-3/h3H,1-2H2/t3-,8+/m0/s1. The first-order valence-corrected chi connectivity index (χ1v) is 3.11. The Morgan fingerprint density at radius 2 is 2.62 bits per heavy atom. The van der Waals surface area contributed by atoms with E-state index in [4.69, 9.17) is 0 Å². The fourth-order valence-electron chi connectivity index (χ4n) is 0.368. The summed E-state index contributed by atoms with van der Waals surface area (Å²) in [6, 6.07) is 0. The minimum absolute atomic E-state index is 0.100. The second-order valence-electron chi connectivity index (χ2n) is 1.36. The minimum Gasteiger partial charge on any atom is -0.266 e. The average Bonchev–Trinajstić information content (AvgIpc) is 2.14. The van der Waals surface area contributed by atoms with Crippen molar-refractivity contribution in [2.45, 2.75) is 6.10 Å². The lowest BCUT2D eigenvalue weighted by atomic mass is 10.4. The summed E-state index contributed by atoms with van der Waals surface area (Å²) in [7, 11) is 0. The second-order valence-corrected chi connectivity index (χ2v) is 2.20. The Bertz CT molecular complexity index is 107. The highest BCUT2D eigenvalue weighted by Gasteiger charge is 2.22. The van der Waals surface area contributed by atoms with Crippen LogP contribution in [0, 0.1) is 0 Å². The van der Waals surface area contributed by atoms with Crippen LogP contribution in [0.4, 0.5) is 4.39 Å². The Labute approximate surface area is 48.6 Å². The fraction of sp³-hybridized carbons (Fsp3) is 1.00. The van der Waals surface area contributed by atoms with Crippen molar-refractivity contribution in [1.29, 1.82) is 0 Å². The third-order valence-corrected chi connectivity index (χ3v) is 1.49. The first-order valence-electron chi connectivity index (χ1n) is 2.11. The van der Waals surface area contributed by atoms with Crippen LogP contribution in [0.3, 0.4) is 0 Å². The van der Waals surface area contributed by atoms with E-state index in [0.717, 1.165) is 0 Å². The maximum Gasteiger partial charge on any atom is 0.305 e. The van der Waals surface area contributed by atoms with Gasteiger partial charge in [-0.05, 0) is 0 Å². The topological polar surface area (TPSA) is 35.5 Å². The van der Waals surface area contributed by atoms with Crippen LogP contribution in [0.5, 0.6) is 0 Å². The van der Waals surface area contributed by atoms with E-state index in [9.17, 15) is 8.60 Å². The number of halogens is 1. The molecular formula is C3H5FO3S. The van der Waals surface area contributed by atoms with Gasteiger partial charge in [0.25, 0.3) is 0 Å². The molecule has 0 aliphatic carbocycles. The first kappa shape index (κ1) is 6.12. The minimum atomic E-state index is -1.69.